The average molecular weight is 490 g/mol. The van der Waals surface area contributed by atoms with Crippen LogP contribution in [0.3, 0.4) is 0 Å². The Labute approximate surface area is 179 Å². The number of hydrogen-bond acceptors (Lipinski definition) is 3. The number of ether oxygens (including phenoxy) is 1. The molecule has 0 bridgehead atoms. The van der Waals surface area contributed by atoms with Crippen molar-refractivity contribution in [1.29, 1.82) is 0 Å². The van der Waals surface area contributed by atoms with E-state index in [2.05, 4.69) is 26.3 Å². The zero-order chi connectivity index (χ0) is 19.4. The molecule has 0 unspecified atom stereocenters. The third-order valence-electron chi connectivity index (χ3n) is 3.51. The first kappa shape index (κ1) is 20.0. The van der Waals surface area contributed by atoms with Crippen LogP contribution in [0.2, 0.25) is 15.1 Å². The van der Waals surface area contributed by atoms with Crippen LogP contribution in [0.5, 0.6) is 5.75 Å². The molecule has 1 heterocycles. The van der Waals surface area contributed by atoms with E-state index < -0.39 is 0 Å². The van der Waals surface area contributed by atoms with E-state index in [1.54, 1.807) is 47.3 Å². The molecule has 3 rings (SSSR count). The number of nitrogens with one attached hydrogen (secondary N) is 1. The van der Waals surface area contributed by atoms with Gasteiger partial charge in [0, 0.05) is 21.3 Å². The van der Waals surface area contributed by atoms with Gasteiger partial charge in [-0.1, -0.05) is 40.9 Å². The van der Waals surface area contributed by atoms with E-state index in [1.165, 1.54) is 0 Å². The molecule has 1 amide bonds. The molecule has 0 aliphatic heterocycles. The van der Waals surface area contributed by atoms with Gasteiger partial charge in [0.25, 0.3) is 5.91 Å². The van der Waals surface area contributed by atoms with Gasteiger partial charge >= 0.3 is 0 Å². The van der Waals surface area contributed by atoms with E-state index in [0.717, 1.165) is 5.56 Å². The molecule has 0 fully saturated rings. The molecule has 0 atom stereocenters. The Kier molecular flexibility index (Phi) is 6.65. The highest BCUT2D eigenvalue weighted by Gasteiger charge is 2.12. The molecule has 27 heavy (non-hydrogen) atoms. The van der Waals surface area contributed by atoms with Gasteiger partial charge in [0.1, 0.15) is 5.75 Å². The van der Waals surface area contributed by atoms with Crippen molar-refractivity contribution in [2.75, 3.05) is 11.9 Å². The lowest BCUT2D eigenvalue weighted by atomic mass is 10.2. The Balaban J connectivity index is 1.60. The second kappa shape index (κ2) is 8.97. The standard InChI is InChI=1S/C18H13BrCl3N3O2/c19-15-9-25(8-11-1-2-13(21)7-16(11)22)24-18(15)23-17(26)10-27-14-5-3-12(20)4-6-14/h1-7,9H,8,10H2,(H,23,24,26). The minimum absolute atomic E-state index is 0.149. The summed E-state index contributed by atoms with van der Waals surface area (Å²) in [5, 5.41) is 8.77. The van der Waals surface area contributed by atoms with E-state index >= 15 is 0 Å². The lowest BCUT2D eigenvalue weighted by Gasteiger charge is -2.07. The number of rotatable bonds is 6. The van der Waals surface area contributed by atoms with Gasteiger partial charge in [-0.2, -0.15) is 5.10 Å². The highest BCUT2D eigenvalue weighted by Crippen LogP contribution is 2.24. The predicted molar refractivity (Wildman–Crippen MR) is 111 cm³/mol. The van der Waals surface area contributed by atoms with Crippen LogP contribution in [0.25, 0.3) is 0 Å². The van der Waals surface area contributed by atoms with Crippen molar-refractivity contribution in [1.82, 2.24) is 9.78 Å². The molecular formula is C18H13BrCl3N3O2. The first-order valence-electron chi connectivity index (χ1n) is 7.76. The smallest absolute Gasteiger partial charge is 0.263 e. The normalized spacial score (nSPS) is 10.7. The van der Waals surface area contributed by atoms with Crippen LogP contribution in [-0.4, -0.2) is 22.3 Å². The van der Waals surface area contributed by atoms with Gasteiger partial charge in [-0.05, 0) is 57.9 Å². The van der Waals surface area contributed by atoms with Gasteiger partial charge < -0.3 is 10.1 Å². The predicted octanol–water partition coefficient (Wildman–Crippen LogP) is 5.67. The van der Waals surface area contributed by atoms with E-state index in [4.69, 9.17) is 39.5 Å². The summed E-state index contributed by atoms with van der Waals surface area (Å²) in [4.78, 5) is 12.1. The third-order valence-corrected chi connectivity index (χ3v) is 4.93. The number of amides is 1. The minimum atomic E-state index is -0.333. The topological polar surface area (TPSA) is 56.1 Å². The fraction of sp³-hybridized carbons (Fsp3) is 0.111. The largest absolute Gasteiger partial charge is 0.484 e. The van der Waals surface area contributed by atoms with E-state index in [0.29, 0.717) is 37.7 Å². The molecule has 0 saturated carbocycles. The Bertz CT molecular complexity index is 961. The van der Waals surface area contributed by atoms with Crippen molar-refractivity contribution in [2.24, 2.45) is 0 Å². The molecule has 1 aromatic heterocycles. The summed E-state index contributed by atoms with van der Waals surface area (Å²) in [6.45, 7) is 0.287. The van der Waals surface area contributed by atoms with Crippen LogP contribution < -0.4 is 10.1 Å². The Hall–Kier alpha value is -1.73. The lowest BCUT2D eigenvalue weighted by molar-refractivity contribution is -0.118. The number of nitrogens with zero attached hydrogens (tertiary/aromatic N) is 2. The van der Waals surface area contributed by atoms with Crippen molar-refractivity contribution in [3.8, 4) is 5.75 Å². The summed E-state index contributed by atoms with van der Waals surface area (Å²) in [7, 11) is 0. The SMILES string of the molecule is O=C(COc1ccc(Cl)cc1)Nc1nn(Cc2ccc(Cl)cc2Cl)cc1Br. The van der Waals surface area contributed by atoms with Crippen molar-refractivity contribution in [3.05, 3.63) is 73.8 Å². The van der Waals surface area contributed by atoms with Gasteiger partial charge in [0.15, 0.2) is 12.4 Å². The molecule has 0 aliphatic rings. The minimum Gasteiger partial charge on any atom is -0.484 e. The molecule has 140 valence electrons. The van der Waals surface area contributed by atoms with Gasteiger partial charge in [0.05, 0.1) is 11.0 Å². The molecule has 0 radical (unpaired) electrons. The van der Waals surface area contributed by atoms with Crippen LogP contribution in [-0.2, 0) is 11.3 Å². The summed E-state index contributed by atoms with van der Waals surface area (Å²) in [5.41, 5.74) is 0.861. The molecule has 0 spiro atoms. The number of hydrogen-bond donors (Lipinski definition) is 1. The lowest BCUT2D eigenvalue weighted by Crippen LogP contribution is -2.20. The van der Waals surface area contributed by atoms with Crippen LogP contribution in [0, 0.1) is 0 Å². The average Bonchev–Trinajstić information content (AvgIpc) is 2.96. The number of benzene rings is 2. The number of carbonyl (C=O) groups excluding carboxylic acids is 1. The highest BCUT2D eigenvalue weighted by atomic mass is 79.9. The molecule has 2 aromatic carbocycles. The second-order valence-electron chi connectivity index (χ2n) is 5.55. The molecule has 3 aromatic rings. The number of anilines is 1. The fourth-order valence-corrected chi connectivity index (χ4v) is 3.24. The first-order valence-corrected chi connectivity index (χ1v) is 9.68. The van der Waals surface area contributed by atoms with Gasteiger partial charge in [-0.3, -0.25) is 9.48 Å². The quantitative estimate of drug-likeness (QED) is 0.485. The van der Waals surface area contributed by atoms with Gasteiger partial charge in [-0.25, -0.2) is 0 Å². The van der Waals surface area contributed by atoms with E-state index in [9.17, 15) is 4.79 Å². The van der Waals surface area contributed by atoms with Gasteiger partial charge in [-0.15, -0.1) is 0 Å². The molecule has 0 aliphatic carbocycles. The molecule has 1 N–H and O–H groups in total. The maximum atomic E-state index is 12.1. The van der Waals surface area contributed by atoms with Crippen LogP contribution >= 0.6 is 50.7 Å². The maximum Gasteiger partial charge on any atom is 0.263 e. The van der Waals surface area contributed by atoms with Crippen molar-refractivity contribution in [2.45, 2.75) is 6.54 Å². The third kappa shape index (κ3) is 5.62. The Morgan fingerprint density at radius 1 is 1.11 bits per heavy atom. The monoisotopic (exact) mass is 487 g/mol. The van der Waals surface area contributed by atoms with Gasteiger partial charge in [0.2, 0.25) is 0 Å². The number of halogens is 4. The van der Waals surface area contributed by atoms with E-state index in [1.807, 2.05) is 6.07 Å². The van der Waals surface area contributed by atoms with Crippen LogP contribution in [0.4, 0.5) is 5.82 Å². The van der Waals surface area contributed by atoms with Crippen molar-refractivity contribution in [3.63, 3.8) is 0 Å². The summed E-state index contributed by atoms with van der Waals surface area (Å²) >= 11 is 21.3. The first-order chi connectivity index (χ1) is 12.9. The number of aromatic nitrogens is 2. The highest BCUT2D eigenvalue weighted by molar-refractivity contribution is 9.10. The second-order valence-corrected chi connectivity index (χ2v) is 7.68. The molecule has 0 saturated heterocycles. The molecular weight excluding hydrogens is 476 g/mol. The molecule has 9 heteroatoms. The van der Waals surface area contributed by atoms with Crippen molar-refractivity contribution < 1.29 is 9.53 Å². The summed E-state index contributed by atoms with van der Waals surface area (Å²) in [6, 6.07) is 12.0. The summed E-state index contributed by atoms with van der Waals surface area (Å²) < 4.78 is 7.72. The summed E-state index contributed by atoms with van der Waals surface area (Å²) in [6.07, 6.45) is 1.75. The van der Waals surface area contributed by atoms with Crippen LogP contribution in [0.15, 0.2) is 53.1 Å². The Morgan fingerprint density at radius 3 is 2.52 bits per heavy atom. The zero-order valence-corrected chi connectivity index (χ0v) is 17.6. The maximum absolute atomic E-state index is 12.1. The van der Waals surface area contributed by atoms with Crippen molar-refractivity contribution >= 4 is 62.5 Å². The summed E-state index contributed by atoms with van der Waals surface area (Å²) in [5.74, 6) is 0.613. The number of carbonyl (C=O) groups is 1. The van der Waals surface area contributed by atoms with E-state index in [-0.39, 0.29) is 12.5 Å². The fourth-order valence-electron chi connectivity index (χ4n) is 2.24. The molecule has 5 nitrogen and oxygen atoms in total. The zero-order valence-electron chi connectivity index (χ0n) is 13.8. The Morgan fingerprint density at radius 2 is 1.81 bits per heavy atom. The van der Waals surface area contributed by atoms with Crippen LogP contribution in [0.1, 0.15) is 5.56 Å².